The van der Waals surface area contributed by atoms with Gasteiger partial charge in [-0.2, -0.15) is 11.8 Å². The summed E-state index contributed by atoms with van der Waals surface area (Å²) in [5.74, 6) is -1.25. The summed E-state index contributed by atoms with van der Waals surface area (Å²) in [5.41, 5.74) is 4.26. The van der Waals surface area contributed by atoms with E-state index in [1.165, 1.54) is 19.2 Å². The third kappa shape index (κ3) is 8.07. The summed E-state index contributed by atoms with van der Waals surface area (Å²) in [7, 11) is 1.32. The van der Waals surface area contributed by atoms with E-state index in [2.05, 4.69) is 10.2 Å². The third-order valence-corrected chi connectivity index (χ3v) is 7.97. The van der Waals surface area contributed by atoms with Crippen LogP contribution in [-0.4, -0.2) is 61.1 Å². The number of nitrogens with zero attached hydrogens (tertiary/aromatic N) is 1. The van der Waals surface area contributed by atoms with Gasteiger partial charge in [0.15, 0.2) is 0 Å². The predicted molar refractivity (Wildman–Crippen MR) is 158 cm³/mol. The van der Waals surface area contributed by atoms with E-state index >= 15 is 0 Å². The minimum absolute atomic E-state index is 0.0865. The first kappa shape index (κ1) is 30.5. The minimum Gasteiger partial charge on any atom is -0.492 e. The molecule has 0 bridgehead atoms. The molecule has 1 heterocycles. The van der Waals surface area contributed by atoms with Crippen LogP contribution in [0.5, 0.6) is 5.75 Å². The van der Waals surface area contributed by atoms with Crippen molar-refractivity contribution in [2.45, 2.75) is 44.8 Å². The lowest BCUT2D eigenvalue weighted by atomic mass is 9.93. The molecule has 3 aromatic rings. The highest BCUT2D eigenvalue weighted by Gasteiger charge is 2.27. The number of ether oxygens (including phenoxy) is 2. The lowest BCUT2D eigenvalue weighted by Crippen LogP contribution is -2.42. The molecule has 0 saturated carbocycles. The SMILES string of the molecule is COC(=O)C(CCSC)NC(=O)c1ccc(CN2CCCC2COc2cc(F)cc(F)c2)cc1-c1ccccc1C. The molecule has 6 nitrogen and oxygen atoms in total. The summed E-state index contributed by atoms with van der Waals surface area (Å²) in [6, 6.07) is 16.2. The fourth-order valence-corrected chi connectivity index (χ4v) is 5.65. The molecule has 1 saturated heterocycles. The van der Waals surface area contributed by atoms with E-state index in [1.807, 2.05) is 55.6 Å². The lowest BCUT2D eigenvalue weighted by Gasteiger charge is -2.25. The van der Waals surface area contributed by atoms with Crippen molar-refractivity contribution in [1.29, 1.82) is 0 Å². The van der Waals surface area contributed by atoms with Gasteiger partial charge < -0.3 is 14.8 Å². The number of methoxy groups -OCH3 is 1. The molecule has 218 valence electrons. The zero-order valence-corrected chi connectivity index (χ0v) is 24.4. The Labute approximate surface area is 244 Å². The van der Waals surface area contributed by atoms with Crippen LogP contribution in [0.1, 0.15) is 40.7 Å². The van der Waals surface area contributed by atoms with Crippen molar-refractivity contribution in [3.63, 3.8) is 0 Å². The number of rotatable bonds is 12. The fourth-order valence-electron chi connectivity index (χ4n) is 5.18. The summed E-state index contributed by atoms with van der Waals surface area (Å²) in [6.45, 7) is 3.82. The molecule has 1 aliphatic rings. The highest BCUT2D eigenvalue weighted by atomic mass is 32.2. The van der Waals surface area contributed by atoms with Crippen LogP contribution in [0.2, 0.25) is 0 Å². The normalized spacial score (nSPS) is 15.9. The molecular weight excluding hydrogens is 546 g/mol. The van der Waals surface area contributed by atoms with Gasteiger partial charge in [-0.3, -0.25) is 9.69 Å². The van der Waals surface area contributed by atoms with Crippen molar-refractivity contribution in [3.05, 3.63) is 89.0 Å². The van der Waals surface area contributed by atoms with Crippen LogP contribution in [0.3, 0.4) is 0 Å². The molecule has 0 radical (unpaired) electrons. The molecule has 0 spiro atoms. The Morgan fingerprint density at radius 3 is 2.54 bits per heavy atom. The van der Waals surface area contributed by atoms with Gasteiger partial charge in [0.05, 0.1) is 7.11 Å². The Bertz CT molecular complexity index is 1350. The van der Waals surface area contributed by atoms with Crippen molar-refractivity contribution in [1.82, 2.24) is 10.2 Å². The van der Waals surface area contributed by atoms with Crippen LogP contribution in [0.4, 0.5) is 8.78 Å². The van der Waals surface area contributed by atoms with Gasteiger partial charge in [0.1, 0.15) is 30.0 Å². The summed E-state index contributed by atoms with van der Waals surface area (Å²) < 4.78 is 37.9. The average molecular weight is 583 g/mol. The fraction of sp³-hybridized carbons (Fsp3) is 0.375. The first-order chi connectivity index (χ1) is 19.8. The molecular formula is C32H36F2N2O4S. The number of carbonyl (C=O) groups is 2. The number of amides is 1. The number of likely N-dealkylation sites (tertiary alicyclic amines) is 1. The number of esters is 1. The number of hydrogen-bond donors (Lipinski definition) is 1. The maximum absolute atomic E-state index is 13.6. The van der Waals surface area contributed by atoms with E-state index in [0.29, 0.717) is 30.9 Å². The molecule has 1 aliphatic heterocycles. The van der Waals surface area contributed by atoms with Gasteiger partial charge in [0.25, 0.3) is 5.91 Å². The molecule has 1 N–H and O–H groups in total. The molecule has 41 heavy (non-hydrogen) atoms. The molecule has 2 atom stereocenters. The highest BCUT2D eigenvalue weighted by Crippen LogP contribution is 2.30. The molecule has 9 heteroatoms. The Kier molecular flexibility index (Phi) is 10.8. The average Bonchev–Trinajstić information content (AvgIpc) is 3.40. The van der Waals surface area contributed by atoms with E-state index in [-0.39, 0.29) is 17.7 Å². The number of carbonyl (C=O) groups excluding carboxylic acids is 2. The number of nitrogens with one attached hydrogen (secondary N) is 1. The van der Waals surface area contributed by atoms with Crippen LogP contribution < -0.4 is 10.1 Å². The smallest absolute Gasteiger partial charge is 0.328 e. The summed E-state index contributed by atoms with van der Waals surface area (Å²) in [6.07, 6.45) is 4.32. The van der Waals surface area contributed by atoms with Gasteiger partial charge in [-0.15, -0.1) is 0 Å². The molecule has 4 rings (SSSR count). The Hall–Kier alpha value is -3.43. The Balaban J connectivity index is 1.56. The molecule has 3 aromatic carbocycles. The van der Waals surface area contributed by atoms with E-state index in [0.717, 1.165) is 47.7 Å². The zero-order valence-electron chi connectivity index (χ0n) is 23.6. The van der Waals surface area contributed by atoms with Crippen LogP contribution in [0.25, 0.3) is 11.1 Å². The van der Waals surface area contributed by atoms with Gasteiger partial charge >= 0.3 is 5.97 Å². The van der Waals surface area contributed by atoms with Gasteiger partial charge in [-0.1, -0.05) is 30.3 Å². The van der Waals surface area contributed by atoms with E-state index < -0.39 is 23.6 Å². The third-order valence-electron chi connectivity index (χ3n) is 7.33. The quantitative estimate of drug-likeness (QED) is 0.264. The highest BCUT2D eigenvalue weighted by molar-refractivity contribution is 7.98. The van der Waals surface area contributed by atoms with Gasteiger partial charge in [-0.25, -0.2) is 13.6 Å². The number of aryl methyl sites for hydroxylation is 1. The van der Waals surface area contributed by atoms with Gasteiger partial charge in [-0.05, 0) is 79.1 Å². The second kappa shape index (κ2) is 14.5. The first-order valence-electron chi connectivity index (χ1n) is 13.7. The standard InChI is InChI=1S/C32H36F2N2O4S/c1-21-7-4-5-9-27(21)29-15-22(10-11-28(29)31(37)35-30(12-14-41-3)32(38)39-2)19-36-13-6-8-25(36)20-40-26-17-23(33)16-24(34)18-26/h4-5,7,9-11,15-18,25,30H,6,8,12-14,19-20H2,1-3H3,(H,35,37). The van der Waals surface area contributed by atoms with Gasteiger partial charge in [0.2, 0.25) is 0 Å². The van der Waals surface area contributed by atoms with Crippen LogP contribution in [0.15, 0.2) is 60.7 Å². The predicted octanol–water partition coefficient (Wildman–Crippen LogP) is 6.01. The van der Waals surface area contributed by atoms with Crippen LogP contribution in [-0.2, 0) is 16.1 Å². The van der Waals surface area contributed by atoms with E-state index in [1.54, 1.807) is 11.8 Å². The van der Waals surface area contributed by atoms with Crippen molar-refractivity contribution in [2.24, 2.45) is 0 Å². The number of thioether (sulfide) groups is 1. The lowest BCUT2D eigenvalue weighted by molar-refractivity contribution is -0.142. The van der Waals surface area contributed by atoms with Crippen molar-refractivity contribution < 1.29 is 27.8 Å². The topological polar surface area (TPSA) is 67.9 Å². The largest absolute Gasteiger partial charge is 0.492 e. The van der Waals surface area contributed by atoms with Crippen LogP contribution >= 0.6 is 11.8 Å². The van der Waals surface area contributed by atoms with Crippen LogP contribution in [0, 0.1) is 18.6 Å². The molecule has 0 aliphatic carbocycles. The molecule has 1 fully saturated rings. The molecule has 0 aromatic heterocycles. The number of benzene rings is 3. The van der Waals surface area contributed by atoms with Crippen molar-refractivity contribution in [3.8, 4) is 16.9 Å². The number of hydrogen-bond acceptors (Lipinski definition) is 6. The van der Waals surface area contributed by atoms with E-state index in [4.69, 9.17) is 9.47 Å². The second-order valence-corrected chi connectivity index (χ2v) is 11.2. The molecule has 2 unspecified atom stereocenters. The summed E-state index contributed by atoms with van der Waals surface area (Å²) in [4.78, 5) is 28.2. The maximum atomic E-state index is 13.6. The van der Waals surface area contributed by atoms with Gasteiger partial charge in [0, 0.05) is 36.3 Å². The molecule has 1 amide bonds. The maximum Gasteiger partial charge on any atom is 0.328 e. The zero-order chi connectivity index (χ0) is 29.4. The van der Waals surface area contributed by atoms with Crippen molar-refractivity contribution in [2.75, 3.05) is 32.3 Å². The Morgan fingerprint density at radius 1 is 1.07 bits per heavy atom. The Morgan fingerprint density at radius 2 is 1.83 bits per heavy atom. The first-order valence-corrected chi connectivity index (χ1v) is 15.1. The van der Waals surface area contributed by atoms with E-state index in [9.17, 15) is 18.4 Å². The van der Waals surface area contributed by atoms with Crippen molar-refractivity contribution >= 4 is 23.6 Å². The summed E-state index contributed by atoms with van der Waals surface area (Å²) in [5, 5.41) is 2.88. The minimum atomic E-state index is -0.735. The summed E-state index contributed by atoms with van der Waals surface area (Å²) >= 11 is 1.60. The monoisotopic (exact) mass is 582 g/mol. The number of halogens is 2. The second-order valence-electron chi connectivity index (χ2n) is 10.2.